The van der Waals surface area contributed by atoms with Crippen molar-refractivity contribution in [2.75, 3.05) is 25.3 Å². The van der Waals surface area contributed by atoms with E-state index in [1.807, 2.05) is 0 Å². The number of aromatic nitrogens is 6. The number of carbonyl (C=O) groups excluding carboxylic acids is 1. The van der Waals surface area contributed by atoms with Gasteiger partial charge in [-0.25, -0.2) is 4.63 Å². The number of amides is 1. The molecule has 1 N–H and O–H groups in total. The van der Waals surface area contributed by atoms with Crippen LogP contribution in [-0.4, -0.2) is 56.4 Å². The van der Waals surface area contributed by atoms with Gasteiger partial charge in [-0.2, -0.15) is 4.68 Å². The Morgan fingerprint density at radius 1 is 1.30 bits per heavy atom. The zero-order chi connectivity index (χ0) is 19.4. The van der Waals surface area contributed by atoms with Crippen molar-refractivity contribution in [3.63, 3.8) is 0 Å². The van der Waals surface area contributed by atoms with Crippen LogP contribution in [0.1, 0.15) is 5.69 Å². The van der Waals surface area contributed by atoms with Crippen LogP contribution in [0.2, 0.25) is 5.02 Å². The molecule has 1 amide bonds. The molecular formula is C14H14ClN7O4S. The molecule has 0 atom stereocenters. The summed E-state index contributed by atoms with van der Waals surface area (Å²) in [5.74, 6) is 0.882. The molecule has 0 saturated heterocycles. The van der Waals surface area contributed by atoms with Gasteiger partial charge in [0, 0.05) is 12.1 Å². The molecule has 2 aromatic heterocycles. The van der Waals surface area contributed by atoms with E-state index in [1.54, 1.807) is 19.1 Å². The first-order chi connectivity index (χ1) is 13.0. The van der Waals surface area contributed by atoms with Gasteiger partial charge in [-0.1, -0.05) is 28.5 Å². The highest BCUT2D eigenvalue weighted by Gasteiger charge is 2.18. The summed E-state index contributed by atoms with van der Waals surface area (Å²) in [5, 5.41) is 22.1. The van der Waals surface area contributed by atoms with Crippen LogP contribution >= 0.6 is 23.4 Å². The number of ether oxygens (including phenoxy) is 2. The smallest absolute Gasteiger partial charge is 0.236 e. The van der Waals surface area contributed by atoms with E-state index in [1.165, 1.54) is 18.9 Å². The Morgan fingerprint density at radius 2 is 2.07 bits per heavy atom. The molecule has 0 spiro atoms. The summed E-state index contributed by atoms with van der Waals surface area (Å²) >= 11 is 7.25. The van der Waals surface area contributed by atoms with Crippen LogP contribution in [0.3, 0.4) is 0 Å². The molecule has 0 aliphatic rings. The first-order valence-electron chi connectivity index (χ1n) is 7.45. The Bertz CT molecular complexity index is 961. The minimum absolute atomic E-state index is 0.0414. The van der Waals surface area contributed by atoms with Crippen LogP contribution < -0.4 is 14.8 Å². The first-order valence-corrected chi connectivity index (χ1v) is 8.82. The number of thioether (sulfide) groups is 1. The largest absolute Gasteiger partial charge is 0.495 e. The number of carbonyl (C=O) groups is 1. The van der Waals surface area contributed by atoms with E-state index in [9.17, 15) is 4.79 Å². The van der Waals surface area contributed by atoms with Gasteiger partial charge in [0.1, 0.15) is 22.9 Å². The van der Waals surface area contributed by atoms with Crippen molar-refractivity contribution in [2.45, 2.75) is 12.1 Å². The molecule has 27 heavy (non-hydrogen) atoms. The summed E-state index contributed by atoms with van der Waals surface area (Å²) in [4.78, 5) is 12.1. The van der Waals surface area contributed by atoms with Crippen LogP contribution in [0.4, 0.5) is 5.82 Å². The lowest BCUT2D eigenvalue weighted by Gasteiger charge is -2.12. The predicted molar refractivity (Wildman–Crippen MR) is 95.7 cm³/mol. The molecule has 0 bridgehead atoms. The molecule has 142 valence electrons. The predicted octanol–water partition coefficient (Wildman–Crippen LogP) is 1.76. The Kier molecular flexibility index (Phi) is 5.76. The summed E-state index contributed by atoms with van der Waals surface area (Å²) < 4.78 is 16.5. The maximum atomic E-state index is 12.1. The van der Waals surface area contributed by atoms with E-state index in [2.05, 4.69) is 35.8 Å². The van der Waals surface area contributed by atoms with Gasteiger partial charge in [0.2, 0.25) is 11.1 Å². The van der Waals surface area contributed by atoms with Gasteiger partial charge in [-0.3, -0.25) is 4.79 Å². The fourth-order valence-corrected chi connectivity index (χ4v) is 2.99. The molecule has 0 aliphatic heterocycles. The maximum Gasteiger partial charge on any atom is 0.236 e. The van der Waals surface area contributed by atoms with Crippen molar-refractivity contribution in [1.29, 1.82) is 0 Å². The van der Waals surface area contributed by atoms with Crippen molar-refractivity contribution in [1.82, 2.24) is 30.5 Å². The van der Waals surface area contributed by atoms with Gasteiger partial charge in [0.05, 0.1) is 25.0 Å². The van der Waals surface area contributed by atoms with Gasteiger partial charge in [-0.05, 0) is 22.5 Å². The van der Waals surface area contributed by atoms with Crippen LogP contribution in [0.25, 0.3) is 5.69 Å². The number of halogens is 1. The summed E-state index contributed by atoms with van der Waals surface area (Å²) in [6.45, 7) is 1.67. The number of nitrogens with one attached hydrogen (secondary N) is 1. The van der Waals surface area contributed by atoms with E-state index in [-0.39, 0.29) is 17.5 Å². The second kappa shape index (κ2) is 8.22. The van der Waals surface area contributed by atoms with Crippen molar-refractivity contribution >= 4 is 35.1 Å². The Labute approximate surface area is 162 Å². The number of hydrogen-bond donors (Lipinski definition) is 1. The molecule has 0 radical (unpaired) electrons. The Hall–Kier alpha value is -2.86. The monoisotopic (exact) mass is 411 g/mol. The zero-order valence-corrected chi connectivity index (χ0v) is 16.0. The summed E-state index contributed by atoms with van der Waals surface area (Å²) in [5.41, 5.74) is 0.999. The van der Waals surface area contributed by atoms with Crippen molar-refractivity contribution < 1.29 is 18.9 Å². The standard InChI is InChI=1S/C14H14ClN7O4S/c1-7-13(19-26-18-7)16-12(23)6-27-14-17-20-21-22(14)9-5-10(24-2)8(15)4-11(9)25-3/h4-5H,6H2,1-3H3,(H,16,19,23). The minimum Gasteiger partial charge on any atom is -0.495 e. The third-order valence-corrected chi connectivity index (χ3v) is 4.58. The summed E-state index contributed by atoms with van der Waals surface area (Å²) in [6, 6.07) is 3.24. The van der Waals surface area contributed by atoms with Crippen LogP contribution in [0.5, 0.6) is 11.5 Å². The number of hydrogen-bond acceptors (Lipinski definition) is 10. The van der Waals surface area contributed by atoms with Crippen LogP contribution in [0, 0.1) is 6.92 Å². The summed E-state index contributed by atoms with van der Waals surface area (Å²) in [7, 11) is 3.00. The Morgan fingerprint density at radius 3 is 2.74 bits per heavy atom. The second-order valence-corrected chi connectivity index (χ2v) is 6.42. The number of nitrogens with zero attached hydrogens (tertiary/aromatic N) is 6. The fraction of sp³-hybridized carbons (Fsp3) is 0.286. The molecule has 3 aromatic rings. The molecule has 0 fully saturated rings. The zero-order valence-electron chi connectivity index (χ0n) is 14.5. The van der Waals surface area contributed by atoms with Crippen LogP contribution in [0.15, 0.2) is 21.9 Å². The van der Waals surface area contributed by atoms with Crippen molar-refractivity contribution in [3.8, 4) is 17.2 Å². The van der Waals surface area contributed by atoms with Gasteiger partial charge < -0.3 is 14.8 Å². The van der Waals surface area contributed by atoms with E-state index >= 15 is 0 Å². The fourth-order valence-electron chi connectivity index (χ4n) is 2.07. The van der Waals surface area contributed by atoms with Gasteiger partial charge in [0.15, 0.2) is 5.82 Å². The highest BCUT2D eigenvalue weighted by molar-refractivity contribution is 7.99. The summed E-state index contributed by atoms with van der Waals surface area (Å²) in [6.07, 6.45) is 0. The third-order valence-electron chi connectivity index (χ3n) is 3.37. The van der Waals surface area contributed by atoms with E-state index in [4.69, 9.17) is 21.1 Å². The molecular weight excluding hydrogens is 398 g/mol. The number of rotatable bonds is 7. The molecule has 2 heterocycles. The number of methoxy groups -OCH3 is 2. The number of benzene rings is 1. The van der Waals surface area contributed by atoms with E-state index < -0.39 is 0 Å². The molecule has 0 saturated carbocycles. The minimum atomic E-state index is -0.311. The highest BCUT2D eigenvalue weighted by atomic mass is 35.5. The lowest BCUT2D eigenvalue weighted by molar-refractivity contribution is -0.113. The second-order valence-electron chi connectivity index (χ2n) is 5.07. The average molecular weight is 412 g/mol. The topological polar surface area (TPSA) is 130 Å². The first kappa shape index (κ1) is 18.9. The molecule has 3 rings (SSSR count). The number of tetrazole rings is 1. The normalized spacial score (nSPS) is 10.7. The average Bonchev–Trinajstić information content (AvgIpc) is 3.29. The maximum absolute atomic E-state index is 12.1. The lowest BCUT2D eigenvalue weighted by Crippen LogP contribution is -2.15. The van der Waals surface area contributed by atoms with Crippen LogP contribution in [-0.2, 0) is 4.79 Å². The van der Waals surface area contributed by atoms with E-state index in [0.717, 1.165) is 11.8 Å². The molecule has 13 heteroatoms. The Balaban J connectivity index is 1.78. The molecule has 1 aromatic carbocycles. The van der Waals surface area contributed by atoms with Gasteiger partial charge in [0.25, 0.3) is 0 Å². The highest BCUT2D eigenvalue weighted by Crippen LogP contribution is 2.35. The van der Waals surface area contributed by atoms with Gasteiger partial charge >= 0.3 is 0 Å². The molecule has 11 nitrogen and oxygen atoms in total. The SMILES string of the molecule is COc1cc(-n2nnnc2SCC(=O)Nc2nonc2C)c(OC)cc1Cl. The van der Waals surface area contributed by atoms with Crippen molar-refractivity contribution in [2.24, 2.45) is 0 Å². The molecule has 0 aliphatic carbocycles. The lowest BCUT2D eigenvalue weighted by atomic mass is 10.2. The quantitative estimate of drug-likeness (QED) is 0.573. The number of aryl methyl sites for hydroxylation is 1. The molecule has 0 unspecified atom stereocenters. The van der Waals surface area contributed by atoms with Gasteiger partial charge in [-0.15, -0.1) is 5.10 Å². The van der Waals surface area contributed by atoms with Crippen molar-refractivity contribution in [3.05, 3.63) is 22.8 Å². The number of anilines is 1. The third kappa shape index (κ3) is 4.11. The van der Waals surface area contributed by atoms with E-state index in [0.29, 0.717) is 33.1 Å².